The highest BCUT2D eigenvalue weighted by atomic mass is 19.1. The van der Waals surface area contributed by atoms with E-state index in [-0.39, 0.29) is 18.4 Å². The van der Waals surface area contributed by atoms with E-state index >= 15 is 0 Å². The maximum absolute atomic E-state index is 12.7. The van der Waals surface area contributed by atoms with Gasteiger partial charge in [-0.15, -0.1) is 0 Å². The lowest BCUT2D eigenvalue weighted by Gasteiger charge is -2.06. The third-order valence-electron chi connectivity index (χ3n) is 3.62. The highest BCUT2D eigenvalue weighted by Crippen LogP contribution is 2.45. The van der Waals surface area contributed by atoms with Crippen LogP contribution < -0.4 is 5.32 Å². The summed E-state index contributed by atoms with van der Waals surface area (Å²) in [5.74, 6) is 0.666. The molecule has 0 radical (unpaired) electrons. The molecule has 0 spiro atoms. The topological polar surface area (TPSA) is 64.1 Å². The molecule has 2 unspecified atom stereocenters. The van der Waals surface area contributed by atoms with Crippen LogP contribution in [0.2, 0.25) is 0 Å². The molecule has 1 N–H and O–H groups in total. The smallest absolute Gasteiger partial charge is 0.407 e. The summed E-state index contributed by atoms with van der Waals surface area (Å²) in [5.41, 5.74) is 0.946. The molecular weight excluding hydrogens is 285 g/mol. The molecule has 1 aromatic carbocycles. The summed E-state index contributed by atoms with van der Waals surface area (Å²) in [4.78, 5) is 19.5. The van der Waals surface area contributed by atoms with Crippen LogP contribution in [0, 0.1) is 11.7 Å². The Bertz CT molecular complexity index is 634. The second-order valence-corrected chi connectivity index (χ2v) is 5.30. The Balaban J connectivity index is 1.38. The van der Waals surface area contributed by atoms with Crippen molar-refractivity contribution in [1.29, 1.82) is 0 Å². The van der Waals surface area contributed by atoms with E-state index in [2.05, 4.69) is 15.3 Å². The van der Waals surface area contributed by atoms with Gasteiger partial charge in [0.1, 0.15) is 12.4 Å². The van der Waals surface area contributed by atoms with Gasteiger partial charge in [0.15, 0.2) is 5.82 Å². The van der Waals surface area contributed by atoms with Crippen molar-refractivity contribution in [3.05, 3.63) is 59.9 Å². The summed E-state index contributed by atoms with van der Waals surface area (Å²) in [6.07, 6.45) is 2.79. The number of hydrogen-bond acceptors (Lipinski definition) is 4. The summed E-state index contributed by atoms with van der Waals surface area (Å²) in [7, 11) is 0. The van der Waals surface area contributed by atoms with Gasteiger partial charge >= 0.3 is 6.09 Å². The molecule has 1 aliphatic carbocycles. The zero-order chi connectivity index (χ0) is 15.4. The first-order chi connectivity index (χ1) is 10.7. The van der Waals surface area contributed by atoms with Crippen LogP contribution in [-0.2, 0) is 11.3 Å². The van der Waals surface area contributed by atoms with Crippen LogP contribution in [0.3, 0.4) is 0 Å². The number of carbonyl (C=O) groups is 1. The summed E-state index contributed by atoms with van der Waals surface area (Å²) < 4.78 is 17.9. The zero-order valence-electron chi connectivity index (χ0n) is 11.9. The lowest BCUT2D eigenvalue weighted by atomic mass is 10.2. The minimum absolute atomic E-state index is 0.190. The van der Waals surface area contributed by atoms with E-state index in [1.54, 1.807) is 0 Å². The Kier molecular flexibility index (Phi) is 4.27. The summed E-state index contributed by atoms with van der Waals surface area (Å²) in [5, 5.41) is 2.74. The quantitative estimate of drug-likeness (QED) is 0.922. The van der Waals surface area contributed by atoms with Crippen LogP contribution >= 0.6 is 0 Å². The predicted octanol–water partition coefficient (Wildman–Crippen LogP) is 2.65. The number of rotatable bonds is 5. The highest BCUT2D eigenvalue weighted by molar-refractivity contribution is 5.67. The lowest BCUT2D eigenvalue weighted by Crippen LogP contribution is -2.26. The Morgan fingerprint density at radius 1 is 1.27 bits per heavy atom. The first kappa shape index (κ1) is 14.4. The van der Waals surface area contributed by atoms with Gasteiger partial charge in [-0.2, -0.15) is 0 Å². The number of benzene rings is 1. The number of amides is 1. The van der Waals surface area contributed by atoms with E-state index in [1.165, 1.54) is 12.4 Å². The van der Waals surface area contributed by atoms with Crippen molar-refractivity contribution in [3.63, 3.8) is 0 Å². The molecule has 2 atom stereocenters. The van der Waals surface area contributed by atoms with E-state index in [0.717, 1.165) is 12.0 Å². The molecular formula is C16H16FN3O2. The molecule has 1 fully saturated rings. The SMILES string of the molecule is O=C(NCC1CC1c1ncc(F)cn1)OCc1ccccc1. The molecule has 0 bridgehead atoms. The van der Waals surface area contributed by atoms with Crippen molar-refractivity contribution in [1.82, 2.24) is 15.3 Å². The van der Waals surface area contributed by atoms with Crippen molar-refractivity contribution in [3.8, 4) is 0 Å². The molecule has 0 aliphatic heterocycles. The van der Waals surface area contributed by atoms with Crippen LogP contribution in [0.5, 0.6) is 0 Å². The van der Waals surface area contributed by atoms with Gasteiger partial charge in [0.05, 0.1) is 12.4 Å². The van der Waals surface area contributed by atoms with E-state index in [0.29, 0.717) is 12.4 Å². The Morgan fingerprint density at radius 3 is 2.73 bits per heavy atom. The summed E-state index contributed by atoms with van der Waals surface area (Å²) in [6.45, 7) is 0.765. The van der Waals surface area contributed by atoms with Crippen LogP contribution in [-0.4, -0.2) is 22.6 Å². The van der Waals surface area contributed by atoms with Gasteiger partial charge in [0.25, 0.3) is 0 Å². The average Bonchev–Trinajstić information content (AvgIpc) is 3.32. The molecule has 3 rings (SSSR count). The van der Waals surface area contributed by atoms with Crippen LogP contribution in [0.25, 0.3) is 0 Å². The molecule has 2 aromatic rings. The monoisotopic (exact) mass is 301 g/mol. The minimum Gasteiger partial charge on any atom is -0.445 e. The van der Waals surface area contributed by atoms with Gasteiger partial charge in [-0.1, -0.05) is 30.3 Å². The number of hydrogen-bond donors (Lipinski definition) is 1. The Hall–Kier alpha value is -2.50. The van der Waals surface area contributed by atoms with Crippen molar-refractivity contribution in [2.45, 2.75) is 18.9 Å². The Labute approximate surface area is 127 Å². The zero-order valence-corrected chi connectivity index (χ0v) is 11.9. The fraction of sp³-hybridized carbons (Fsp3) is 0.312. The van der Waals surface area contributed by atoms with Crippen LogP contribution in [0.4, 0.5) is 9.18 Å². The normalized spacial score (nSPS) is 19.5. The number of carbonyl (C=O) groups excluding carboxylic acids is 1. The second-order valence-electron chi connectivity index (χ2n) is 5.30. The molecule has 0 saturated heterocycles. The summed E-state index contributed by atoms with van der Waals surface area (Å²) >= 11 is 0. The minimum atomic E-state index is -0.441. The number of nitrogens with zero attached hydrogens (tertiary/aromatic N) is 2. The third kappa shape index (κ3) is 3.78. The van der Waals surface area contributed by atoms with Gasteiger partial charge in [-0.25, -0.2) is 19.2 Å². The largest absolute Gasteiger partial charge is 0.445 e. The Morgan fingerprint density at radius 2 is 2.00 bits per heavy atom. The predicted molar refractivity (Wildman–Crippen MR) is 77.5 cm³/mol. The van der Waals surface area contributed by atoms with Crippen LogP contribution in [0.1, 0.15) is 23.7 Å². The second kappa shape index (κ2) is 6.51. The van der Waals surface area contributed by atoms with Gasteiger partial charge < -0.3 is 10.1 Å². The van der Waals surface area contributed by atoms with E-state index < -0.39 is 11.9 Å². The number of nitrogens with one attached hydrogen (secondary N) is 1. The number of halogens is 1. The molecule has 5 nitrogen and oxygen atoms in total. The standard InChI is InChI=1S/C16H16FN3O2/c17-13-8-18-15(19-9-13)14-6-12(14)7-20-16(21)22-10-11-4-2-1-3-5-11/h1-5,8-9,12,14H,6-7,10H2,(H,20,21). The maximum Gasteiger partial charge on any atom is 0.407 e. The van der Waals surface area contributed by atoms with Crippen molar-refractivity contribution < 1.29 is 13.9 Å². The van der Waals surface area contributed by atoms with Crippen molar-refractivity contribution in [2.24, 2.45) is 5.92 Å². The molecule has 6 heteroatoms. The fourth-order valence-electron chi connectivity index (χ4n) is 2.29. The van der Waals surface area contributed by atoms with E-state index in [1.807, 2.05) is 30.3 Å². The van der Waals surface area contributed by atoms with Gasteiger partial charge in [0, 0.05) is 12.5 Å². The summed E-state index contributed by atoms with van der Waals surface area (Å²) in [6, 6.07) is 9.50. The molecule has 22 heavy (non-hydrogen) atoms. The fourth-order valence-corrected chi connectivity index (χ4v) is 2.29. The lowest BCUT2D eigenvalue weighted by molar-refractivity contribution is 0.139. The molecule has 1 saturated carbocycles. The van der Waals surface area contributed by atoms with Crippen LogP contribution in [0.15, 0.2) is 42.7 Å². The van der Waals surface area contributed by atoms with Gasteiger partial charge in [-0.3, -0.25) is 0 Å². The highest BCUT2D eigenvalue weighted by Gasteiger charge is 2.40. The number of alkyl carbamates (subject to hydrolysis) is 1. The average molecular weight is 301 g/mol. The van der Waals surface area contributed by atoms with Crippen molar-refractivity contribution >= 4 is 6.09 Å². The van der Waals surface area contributed by atoms with Gasteiger partial charge in [-0.05, 0) is 17.9 Å². The number of aromatic nitrogens is 2. The first-order valence-corrected chi connectivity index (χ1v) is 7.14. The maximum atomic E-state index is 12.7. The van der Waals surface area contributed by atoms with E-state index in [9.17, 15) is 9.18 Å². The van der Waals surface area contributed by atoms with E-state index in [4.69, 9.17) is 4.74 Å². The molecule has 1 amide bonds. The third-order valence-corrected chi connectivity index (χ3v) is 3.62. The molecule has 1 aliphatic rings. The molecule has 1 heterocycles. The molecule has 1 aromatic heterocycles. The molecule has 114 valence electrons. The number of ether oxygens (including phenoxy) is 1. The first-order valence-electron chi connectivity index (χ1n) is 7.14. The van der Waals surface area contributed by atoms with Gasteiger partial charge in [0.2, 0.25) is 0 Å². The van der Waals surface area contributed by atoms with Crippen molar-refractivity contribution in [2.75, 3.05) is 6.54 Å².